The van der Waals surface area contributed by atoms with E-state index in [0.29, 0.717) is 11.3 Å². The zero-order valence-electron chi connectivity index (χ0n) is 9.15. The predicted octanol–water partition coefficient (Wildman–Crippen LogP) is 1.59. The second-order valence-electron chi connectivity index (χ2n) is 3.65. The maximum absolute atomic E-state index is 11.7. The van der Waals surface area contributed by atoms with Gasteiger partial charge in [-0.15, -0.1) is 0 Å². The molecule has 1 aromatic carbocycles. The van der Waals surface area contributed by atoms with Crippen molar-refractivity contribution in [1.82, 2.24) is 9.55 Å². The van der Waals surface area contributed by atoms with Crippen molar-refractivity contribution in [2.45, 2.75) is 13.8 Å². The number of carbonyl (C=O) groups excluding carboxylic acids is 1. The monoisotopic (exact) mass is 216 g/mol. The number of nitrogens with one attached hydrogen (secondary N) is 1. The Morgan fingerprint density at radius 2 is 1.94 bits per heavy atom. The number of benzene rings is 1. The van der Waals surface area contributed by atoms with Gasteiger partial charge in [-0.25, -0.2) is 4.79 Å². The summed E-state index contributed by atoms with van der Waals surface area (Å²) < 4.78 is 1.51. The average Bonchev–Trinajstić information content (AvgIpc) is 2.53. The summed E-state index contributed by atoms with van der Waals surface area (Å²) in [6, 6.07) is 7.02. The molecule has 2 aromatic rings. The Morgan fingerprint density at radius 3 is 2.50 bits per heavy atom. The van der Waals surface area contributed by atoms with Gasteiger partial charge in [0, 0.05) is 17.0 Å². The molecule has 0 spiro atoms. The fourth-order valence-electron chi connectivity index (χ4n) is 1.71. The highest BCUT2D eigenvalue weighted by Gasteiger charge is 2.11. The number of hydrogen-bond acceptors (Lipinski definition) is 2. The molecule has 4 nitrogen and oxygen atoms in total. The number of nitrogens with zero attached hydrogens (tertiary/aromatic N) is 1. The maximum Gasteiger partial charge on any atom is 0.330 e. The van der Waals surface area contributed by atoms with E-state index in [0.717, 1.165) is 17.7 Å². The van der Waals surface area contributed by atoms with Gasteiger partial charge in [-0.05, 0) is 26.0 Å². The first-order valence-corrected chi connectivity index (χ1v) is 4.98. The minimum absolute atomic E-state index is 0.218. The topological polar surface area (TPSA) is 54.9 Å². The molecule has 0 radical (unpaired) electrons. The van der Waals surface area contributed by atoms with Gasteiger partial charge in [0.05, 0.1) is 5.69 Å². The van der Waals surface area contributed by atoms with Crippen LogP contribution < -0.4 is 5.69 Å². The number of aromatic nitrogens is 2. The van der Waals surface area contributed by atoms with Crippen molar-refractivity contribution < 1.29 is 4.79 Å². The van der Waals surface area contributed by atoms with Crippen LogP contribution in [0.2, 0.25) is 0 Å². The number of aromatic amines is 1. The van der Waals surface area contributed by atoms with Gasteiger partial charge < -0.3 is 4.98 Å². The van der Waals surface area contributed by atoms with Crippen LogP contribution in [-0.4, -0.2) is 15.8 Å². The lowest BCUT2D eigenvalue weighted by molar-refractivity contribution is 0.112. The Morgan fingerprint density at radius 1 is 1.25 bits per heavy atom. The molecule has 0 amide bonds. The van der Waals surface area contributed by atoms with Crippen molar-refractivity contribution >= 4 is 6.29 Å². The molecule has 0 bridgehead atoms. The van der Waals surface area contributed by atoms with E-state index >= 15 is 0 Å². The van der Waals surface area contributed by atoms with E-state index in [2.05, 4.69) is 4.98 Å². The standard InChI is InChI=1S/C12H12N2O2/c1-8-9(2)14(12(16)13-8)11-6-4-3-5-10(11)7-15/h3-7H,1-2H3,(H,13,16). The van der Waals surface area contributed by atoms with Gasteiger partial charge in [0.2, 0.25) is 0 Å². The van der Waals surface area contributed by atoms with Crippen LogP contribution in [0, 0.1) is 13.8 Å². The highest BCUT2D eigenvalue weighted by atomic mass is 16.1. The summed E-state index contributed by atoms with van der Waals surface area (Å²) in [6.45, 7) is 3.67. The van der Waals surface area contributed by atoms with Crippen LogP contribution in [0.25, 0.3) is 5.69 Å². The highest BCUT2D eigenvalue weighted by Crippen LogP contribution is 2.14. The van der Waals surface area contributed by atoms with Crippen LogP contribution >= 0.6 is 0 Å². The normalized spacial score (nSPS) is 10.4. The van der Waals surface area contributed by atoms with Gasteiger partial charge in [0.25, 0.3) is 0 Å². The third-order valence-corrected chi connectivity index (χ3v) is 2.68. The molecule has 0 atom stereocenters. The number of aryl methyl sites for hydroxylation is 1. The van der Waals surface area contributed by atoms with E-state index < -0.39 is 0 Å². The quantitative estimate of drug-likeness (QED) is 0.775. The molecule has 0 saturated carbocycles. The SMILES string of the molecule is Cc1[nH]c(=O)n(-c2ccccc2C=O)c1C. The van der Waals surface area contributed by atoms with Gasteiger partial charge in [0.15, 0.2) is 6.29 Å². The Labute approximate surface area is 92.5 Å². The van der Waals surface area contributed by atoms with E-state index in [1.54, 1.807) is 24.3 Å². The van der Waals surface area contributed by atoms with E-state index in [4.69, 9.17) is 0 Å². The van der Waals surface area contributed by atoms with Gasteiger partial charge >= 0.3 is 5.69 Å². The minimum atomic E-state index is -0.218. The van der Waals surface area contributed by atoms with Crippen LogP contribution in [0.3, 0.4) is 0 Å². The zero-order valence-corrected chi connectivity index (χ0v) is 9.15. The molecule has 1 aromatic heterocycles. The third kappa shape index (κ3) is 1.48. The summed E-state index contributed by atoms with van der Waals surface area (Å²) in [7, 11) is 0. The first-order chi connectivity index (χ1) is 7.65. The summed E-state index contributed by atoms with van der Waals surface area (Å²) in [5.41, 5.74) is 2.53. The second-order valence-corrected chi connectivity index (χ2v) is 3.65. The number of carbonyl (C=O) groups is 1. The fraction of sp³-hybridized carbons (Fsp3) is 0.167. The first kappa shape index (κ1) is 10.4. The Bertz CT molecular complexity index is 593. The van der Waals surface area contributed by atoms with Crippen molar-refractivity contribution in [3.05, 3.63) is 51.7 Å². The first-order valence-electron chi connectivity index (χ1n) is 4.98. The van der Waals surface area contributed by atoms with Crippen LogP contribution in [0.1, 0.15) is 21.7 Å². The fourth-order valence-corrected chi connectivity index (χ4v) is 1.71. The molecule has 0 unspecified atom stereocenters. The molecule has 1 heterocycles. The lowest BCUT2D eigenvalue weighted by Gasteiger charge is -2.06. The van der Waals surface area contributed by atoms with Crippen LogP contribution in [0.4, 0.5) is 0 Å². The largest absolute Gasteiger partial charge is 0.330 e. The van der Waals surface area contributed by atoms with Crippen molar-refractivity contribution in [3.8, 4) is 5.69 Å². The summed E-state index contributed by atoms with van der Waals surface area (Å²) in [5.74, 6) is 0. The smallest absolute Gasteiger partial charge is 0.310 e. The molecule has 1 N–H and O–H groups in total. The Balaban J connectivity index is 2.77. The molecule has 4 heteroatoms. The van der Waals surface area contributed by atoms with Crippen molar-refractivity contribution in [1.29, 1.82) is 0 Å². The number of aldehydes is 1. The van der Waals surface area contributed by atoms with Crippen molar-refractivity contribution in [2.75, 3.05) is 0 Å². The van der Waals surface area contributed by atoms with Crippen LogP contribution in [0.5, 0.6) is 0 Å². The number of H-pyrrole nitrogens is 1. The van der Waals surface area contributed by atoms with Crippen LogP contribution in [0.15, 0.2) is 29.1 Å². The van der Waals surface area contributed by atoms with E-state index in [-0.39, 0.29) is 5.69 Å². The number of hydrogen-bond donors (Lipinski definition) is 1. The van der Waals surface area contributed by atoms with Gasteiger partial charge in [-0.2, -0.15) is 0 Å². The van der Waals surface area contributed by atoms with Gasteiger partial charge in [-0.3, -0.25) is 9.36 Å². The molecule has 0 fully saturated rings. The number of imidazole rings is 1. The lowest BCUT2D eigenvalue weighted by atomic mass is 10.2. The number of rotatable bonds is 2. The van der Waals surface area contributed by atoms with Crippen molar-refractivity contribution in [2.24, 2.45) is 0 Å². The molecule has 82 valence electrons. The molecule has 0 aliphatic carbocycles. The molecule has 0 saturated heterocycles. The molecule has 0 aliphatic rings. The summed E-state index contributed by atoms with van der Waals surface area (Å²) in [6.07, 6.45) is 0.754. The third-order valence-electron chi connectivity index (χ3n) is 2.68. The summed E-state index contributed by atoms with van der Waals surface area (Å²) in [4.78, 5) is 25.3. The second kappa shape index (κ2) is 3.81. The Kier molecular flexibility index (Phi) is 2.48. The van der Waals surface area contributed by atoms with E-state index in [9.17, 15) is 9.59 Å². The van der Waals surface area contributed by atoms with E-state index in [1.807, 2.05) is 13.8 Å². The molecular formula is C12H12N2O2. The Hall–Kier alpha value is -2.10. The summed E-state index contributed by atoms with van der Waals surface area (Å²) >= 11 is 0. The zero-order chi connectivity index (χ0) is 11.7. The predicted molar refractivity (Wildman–Crippen MR) is 61.3 cm³/mol. The van der Waals surface area contributed by atoms with Gasteiger partial charge in [0.1, 0.15) is 0 Å². The van der Waals surface area contributed by atoms with Crippen LogP contribution in [-0.2, 0) is 0 Å². The van der Waals surface area contributed by atoms with Gasteiger partial charge in [-0.1, -0.05) is 12.1 Å². The maximum atomic E-state index is 11.7. The highest BCUT2D eigenvalue weighted by molar-refractivity contribution is 5.80. The minimum Gasteiger partial charge on any atom is -0.310 e. The van der Waals surface area contributed by atoms with Crippen molar-refractivity contribution in [3.63, 3.8) is 0 Å². The average molecular weight is 216 g/mol. The lowest BCUT2D eigenvalue weighted by Crippen LogP contribution is -2.17. The number of para-hydroxylation sites is 1. The molecular weight excluding hydrogens is 204 g/mol. The van der Waals surface area contributed by atoms with E-state index in [1.165, 1.54) is 4.57 Å². The molecule has 0 aliphatic heterocycles. The molecule has 2 rings (SSSR count). The summed E-state index contributed by atoms with van der Waals surface area (Å²) in [5, 5.41) is 0. The molecule has 16 heavy (non-hydrogen) atoms.